The van der Waals surface area contributed by atoms with Gasteiger partial charge in [0.25, 0.3) is 0 Å². The summed E-state index contributed by atoms with van der Waals surface area (Å²) < 4.78 is 6.90. The van der Waals surface area contributed by atoms with E-state index < -0.39 is 0 Å². The number of aromatic hydroxyl groups is 1. The van der Waals surface area contributed by atoms with Crippen LogP contribution in [0.4, 0.5) is 0 Å². The van der Waals surface area contributed by atoms with Gasteiger partial charge in [-0.15, -0.1) is 11.3 Å². The van der Waals surface area contributed by atoms with Gasteiger partial charge in [-0.2, -0.15) is 5.10 Å². The van der Waals surface area contributed by atoms with Gasteiger partial charge in [0.05, 0.1) is 18.2 Å². The maximum Gasteiger partial charge on any atom is 0.203 e. The Kier molecular flexibility index (Phi) is 5.10. The molecule has 0 aliphatic rings. The zero-order valence-corrected chi connectivity index (χ0v) is 18.0. The number of nitrogens with zero attached hydrogens (tertiary/aromatic N) is 2. The van der Waals surface area contributed by atoms with Crippen LogP contribution in [0.5, 0.6) is 5.75 Å². The Bertz CT molecular complexity index is 1020. The van der Waals surface area contributed by atoms with Gasteiger partial charge in [0.1, 0.15) is 11.5 Å². The van der Waals surface area contributed by atoms with Gasteiger partial charge in [-0.25, -0.2) is 4.68 Å². The van der Waals surface area contributed by atoms with Crippen LogP contribution in [0.3, 0.4) is 0 Å². The van der Waals surface area contributed by atoms with Crippen LogP contribution in [0.15, 0.2) is 45.4 Å². The SMILES string of the molecule is CC(C)(C)c1cc(-c2csc(=N)n2N=Cc2ccco2)cc(C(C)(C)C)c1O. The molecule has 3 aromatic rings. The normalized spacial score (nSPS) is 12.8. The minimum Gasteiger partial charge on any atom is -0.507 e. The molecule has 0 aliphatic heterocycles. The topological polar surface area (TPSA) is 74.5 Å². The fourth-order valence-corrected chi connectivity index (χ4v) is 3.74. The van der Waals surface area contributed by atoms with E-state index in [1.54, 1.807) is 23.2 Å². The standard InChI is InChI=1S/C22H27N3O2S/c1-21(2,3)16-10-14(11-17(19(16)26)22(4,5)6)18-13-28-20(23)25(18)24-12-15-8-7-9-27-15/h7-13,23,26H,1-6H3. The maximum absolute atomic E-state index is 11.0. The van der Waals surface area contributed by atoms with E-state index in [1.165, 1.54) is 11.3 Å². The summed E-state index contributed by atoms with van der Waals surface area (Å²) >= 11 is 1.32. The third-order valence-electron chi connectivity index (χ3n) is 4.57. The Labute approximate surface area is 169 Å². The largest absolute Gasteiger partial charge is 0.507 e. The van der Waals surface area contributed by atoms with Gasteiger partial charge in [-0.05, 0) is 35.1 Å². The molecule has 5 nitrogen and oxygen atoms in total. The van der Waals surface area contributed by atoms with Crippen LogP contribution >= 0.6 is 11.3 Å². The number of phenols is 1. The third-order valence-corrected chi connectivity index (χ3v) is 5.31. The van der Waals surface area contributed by atoms with Crippen LogP contribution in [0.2, 0.25) is 0 Å². The smallest absolute Gasteiger partial charge is 0.203 e. The highest BCUT2D eigenvalue weighted by Gasteiger charge is 2.27. The van der Waals surface area contributed by atoms with Crippen molar-refractivity contribution in [3.8, 4) is 17.0 Å². The second kappa shape index (κ2) is 7.09. The second-order valence-electron chi connectivity index (χ2n) is 8.92. The minimum atomic E-state index is -0.220. The molecule has 0 atom stereocenters. The fraction of sp³-hybridized carbons (Fsp3) is 0.364. The summed E-state index contributed by atoms with van der Waals surface area (Å²) in [4.78, 5) is 0.320. The molecule has 2 heterocycles. The predicted molar refractivity (Wildman–Crippen MR) is 114 cm³/mol. The van der Waals surface area contributed by atoms with Crippen molar-refractivity contribution in [3.63, 3.8) is 0 Å². The molecule has 0 saturated heterocycles. The van der Waals surface area contributed by atoms with Gasteiger partial charge in [-0.3, -0.25) is 5.41 Å². The van der Waals surface area contributed by atoms with Crippen molar-refractivity contribution < 1.29 is 9.52 Å². The maximum atomic E-state index is 11.0. The van der Waals surface area contributed by atoms with Crippen molar-refractivity contribution in [1.82, 2.24) is 4.68 Å². The molecular formula is C22H27N3O2S. The van der Waals surface area contributed by atoms with Crippen LogP contribution in [0.1, 0.15) is 58.4 Å². The van der Waals surface area contributed by atoms with Crippen molar-refractivity contribution in [2.45, 2.75) is 52.4 Å². The van der Waals surface area contributed by atoms with E-state index in [4.69, 9.17) is 9.83 Å². The van der Waals surface area contributed by atoms with E-state index in [-0.39, 0.29) is 10.8 Å². The molecule has 2 N–H and O–H groups in total. The molecule has 0 fully saturated rings. The Hall–Kier alpha value is -2.60. The quantitative estimate of drug-likeness (QED) is 0.575. The Balaban J connectivity index is 2.21. The van der Waals surface area contributed by atoms with Crippen LogP contribution in [-0.4, -0.2) is 16.0 Å². The monoisotopic (exact) mass is 397 g/mol. The molecule has 28 heavy (non-hydrogen) atoms. The molecule has 0 radical (unpaired) electrons. The molecule has 0 bridgehead atoms. The van der Waals surface area contributed by atoms with Crippen molar-refractivity contribution in [2.75, 3.05) is 0 Å². The molecule has 2 aromatic heterocycles. The Morgan fingerprint density at radius 3 is 2.21 bits per heavy atom. The molecule has 0 amide bonds. The van der Waals surface area contributed by atoms with Gasteiger partial charge in [0, 0.05) is 22.1 Å². The first-order chi connectivity index (χ1) is 13.0. The van der Waals surface area contributed by atoms with Crippen LogP contribution in [0.25, 0.3) is 11.3 Å². The third kappa shape index (κ3) is 3.97. The number of furan rings is 1. The van der Waals surface area contributed by atoms with E-state index >= 15 is 0 Å². The average Bonchev–Trinajstić information content (AvgIpc) is 3.21. The van der Waals surface area contributed by atoms with Crippen molar-refractivity contribution >= 4 is 17.6 Å². The molecule has 6 heteroatoms. The number of phenolic OH excluding ortho intramolecular Hbond substituents is 1. The van der Waals surface area contributed by atoms with Gasteiger partial charge < -0.3 is 9.52 Å². The lowest BCUT2D eigenvalue weighted by molar-refractivity contribution is 0.423. The first kappa shape index (κ1) is 20.1. The first-order valence-corrected chi connectivity index (χ1v) is 10.1. The Morgan fingerprint density at radius 2 is 1.71 bits per heavy atom. The van der Waals surface area contributed by atoms with Crippen molar-refractivity contribution in [1.29, 1.82) is 5.41 Å². The minimum absolute atomic E-state index is 0.220. The van der Waals surface area contributed by atoms with Crippen LogP contribution < -0.4 is 4.80 Å². The number of rotatable bonds is 3. The highest BCUT2D eigenvalue weighted by molar-refractivity contribution is 7.07. The van der Waals surface area contributed by atoms with Gasteiger partial charge in [0.2, 0.25) is 4.80 Å². The summed E-state index contributed by atoms with van der Waals surface area (Å²) in [5, 5.41) is 25.6. The molecule has 3 rings (SSSR count). The number of thiazole rings is 1. The number of hydrogen-bond acceptors (Lipinski definition) is 5. The first-order valence-electron chi connectivity index (χ1n) is 9.20. The predicted octanol–water partition coefficient (Wildman–Crippen LogP) is 5.47. The van der Waals surface area contributed by atoms with Crippen LogP contribution in [-0.2, 0) is 10.8 Å². The summed E-state index contributed by atoms with van der Waals surface area (Å²) in [5.41, 5.74) is 3.07. The summed E-state index contributed by atoms with van der Waals surface area (Å²) in [6.07, 6.45) is 3.19. The van der Waals surface area contributed by atoms with Crippen molar-refractivity contribution in [2.24, 2.45) is 5.10 Å². The van der Waals surface area contributed by atoms with E-state index in [9.17, 15) is 5.11 Å². The van der Waals surface area contributed by atoms with Gasteiger partial charge >= 0.3 is 0 Å². The highest BCUT2D eigenvalue weighted by Crippen LogP contribution is 2.42. The summed E-state index contributed by atoms with van der Waals surface area (Å²) in [5.74, 6) is 0.969. The number of aromatic nitrogens is 1. The van der Waals surface area contributed by atoms with E-state index in [1.807, 2.05) is 23.6 Å². The lowest BCUT2D eigenvalue weighted by atomic mass is 9.78. The fourth-order valence-electron chi connectivity index (χ4n) is 3.03. The zero-order valence-electron chi connectivity index (χ0n) is 17.2. The summed E-state index contributed by atoms with van der Waals surface area (Å²) in [6, 6.07) is 7.62. The molecule has 0 unspecified atom stereocenters. The van der Waals surface area contributed by atoms with Gasteiger partial charge in [-0.1, -0.05) is 41.5 Å². The number of hydrogen-bond donors (Lipinski definition) is 2. The molecular weight excluding hydrogens is 370 g/mol. The summed E-state index contributed by atoms with van der Waals surface area (Å²) in [6.45, 7) is 12.5. The van der Waals surface area contributed by atoms with Gasteiger partial charge in [0.15, 0.2) is 0 Å². The summed E-state index contributed by atoms with van der Waals surface area (Å²) in [7, 11) is 0. The van der Waals surface area contributed by atoms with Crippen LogP contribution in [0, 0.1) is 5.41 Å². The van der Waals surface area contributed by atoms with E-state index in [2.05, 4.69) is 46.6 Å². The van der Waals surface area contributed by atoms with E-state index in [0.29, 0.717) is 16.3 Å². The number of nitrogens with one attached hydrogen (secondary N) is 1. The molecule has 0 spiro atoms. The second-order valence-corrected chi connectivity index (χ2v) is 9.78. The molecule has 148 valence electrons. The number of benzene rings is 1. The highest BCUT2D eigenvalue weighted by atomic mass is 32.1. The molecule has 0 saturated carbocycles. The van der Waals surface area contributed by atoms with Crippen molar-refractivity contribution in [3.05, 3.63) is 57.6 Å². The van der Waals surface area contributed by atoms with E-state index in [0.717, 1.165) is 22.4 Å². The average molecular weight is 398 g/mol. The lowest BCUT2D eigenvalue weighted by Crippen LogP contribution is -2.18. The lowest BCUT2D eigenvalue weighted by Gasteiger charge is -2.28. The zero-order chi connectivity index (χ0) is 20.7. The Morgan fingerprint density at radius 1 is 1.11 bits per heavy atom. The molecule has 1 aromatic carbocycles. The molecule has 0 aliphatic carbocycles.